The Kier molecular flexibility index (Phi) is 7.01. The van der Waals surface area contributed by atoms with Gasteiger partial charge in [-0.25, -0.2) is 0 Å². The molecule has 152 valence electrons. The molecule has 3 rings (SSSR count). The Labute approximate surface area is 168 Å². The van der Waals surface area contributed by atoms with Crippen LogP contribution in [0.5, 0.6) is 17.2 Å². The van der Waals surface area contributed by atoms with Crippen LogP contribution in [0, 0.1) is 17.8 Å². The first kappa shape index (κ1) is 20.3. The normalized spacial score (nSPS) is 21.5. The van der Waals surface area contributed by atoms with Crippen LogP contribution in [-0.4, -0.2) is 34.2 Å². The van der Waals surface area contributed by atoms with Crippen LogP contribution in [0.4, 0.5) is 0 Å². The van der Waals surface area contributed by atoms with E-state index < -0.39 is 0 Å². The van der Waals surface area contributed by atoms with Crippen molar-refractivity contribution in [3.63, 3.8) is 0 Å². The van der Waals surface area contributed by atoms with E-state index in [1.807, 2.05) is 12.1 Å². The highest BCUT2D eigenvalue weighted by Crippen LogP contribution is 2.43. The summed E-state index contributed by atoms with van der Waals surface area (Å²) in [6.07, 6.45) is 13.3. The van der Waals surface area contributed by atoms with Crippen molar-refractivity contribution in [3.05, 3.63) is 41.5 Å². The van der Waals surface area contributed by atoms with Gasteiger partial charge in [0.1, 0.15) is 6.61 Å². The molecule has 1 saturated carbocycles. The van der Waals surface area contributed by atoms with Gasteiger partial charge in [0.15, 0.2) is 11.5 Å². The Morgan fingerprint density at radius 1 is 1.11 bits per heavy atom. The molecular weight excluding hydrogens is 354 g/mol. The van der Waals surface area contributed by atoms with Crippen molar-refractivity contribution in [1.29, 1.82) is 0 Å². The summed E-state index contributed by atoms with van der Waals surface area (Å²) in [7, 11) is 4.79. The molecule has 5 heteroatoms. The van der Waals surface area contributed by atoms with Gasteiger partial charge in [0, 0.05) is 5.56 Å². The number of rotatable bonds is 11. The smallest absolute Gasteiger partial charge is 0.203 e. The molecule has 2 aliphatic rings. The summed E-state index contributed by atoms with van der Waals surface area (Å²) >= 11 is 0. The predicted molar refractivity (Wildman–Crippen MR) is 111 cm³/mol. The molecule has 0 N–H and O–H groups in total. The van der Waals surface area contributed by atoms with E-state index in [2.05, 4.69) is 30.3 Å². The van der Waals surface area contributed by atoms with E-state index in [0.717, 1.165) is 17.9 Å². The van der Waals surface area contributed by atoms with E-state index in [1.165, 1.54) is 19.3 Å². The van der Waals surface area contributed by atoms with E-state index in [-0.39, 0.29) is 0 Å². The molecule has 1 fully saturated rings. The molecule has 1 aromatic carbocycles. The second kappa shape index (κ2) is 9.67. The molecule has 0 heterocycles. The fourth-order valence-corrected chi connectivity index (χ4v) is 3.76. The maximum Gasteiger partial charge on any atom is 0.203 e. The van der Waals surface area contributed by atoms with Gasteiger partial charge in [-0.3, -0.25) is 0 Å². The minimum absolute atomic E-state index is 0.572. The van der Waals surface area contributed by atoms with Crippen molar-refractivity contribution in [2.45, 2.75) is 32.6 Å². The van der Waals surface area contributed by atoms with Crippen LogP contribution >= 0.6 is 0 Å². The Morgan fingerprint density at radius 3 is 2.46 bits per heavy atom. The maximum atomic E-state index is 5.54. The third kappa shape index (κ3) is 5.09. The molecular formula is C23H31NO4. The molecule has 1 aromatic rings. The molecule has 5 nitrogen and oxygen atoms in total. The first-order valence-corrected chi connectivity index (χ1v) is 9.97. The number of hydrogen-bond acceptors (Lipinski definition) is 5. The van der Waals surface area contributed by atoms with E-state index >= 15 is 0 Å². The highest BCUT2D eigenvalue weighted by molar-refractivity contribution is 5.82. The van der Waals surface area contributed by atoms with Crippen LogP contribution < -0.4 is 14.2 Å². The monoisotopic (exact) mass is 385 g/mol. The standard InChI is InChI=1S/C23H31NO4/c1-16(18-7-5-6-8-18)9-10-19-13-20(19)15-28-24-14-17-11-21(25-2)23(27-4)22(12-17)26-3/h5-7,11-12,14,16,19-20H,8-10,13,15H2,1-4H3/b24-14-. The lowest BCUT2D eigenvalue weighted by Gasteiger charge is -2.12. The largest absolute Gasteiger partial charge is 0.493 e. The average molecular weight is 386 g/mol. The van der Waals surface area contributed by atoms with Gasteiger partial charge >= 0.3 is 0 Å². The van der Waals surface area contributed by atoms with Gasteiger partial charge in [0.25, 0.3) is 0 Å². The first-order chi connectivity index (χ1) is 13.7. The second-order valence-electron chi connectivity index (χ2n) is 7.60. The number of ether oxygens (including phenoxy) is 3. The third-order valence-electron chi connectivity index (χ3n) is 5.72. The minimum atomic E-state index is 0.572. The average Bonchev–Trinajstić information content (AvgIpc) is 3.23. The molecule has 28 heavy (non-hydrogen) atoms. The fourth-order valence-electron chi connectivity index (χ4n) is 3.76. The number of nitrogens with zero attached hydrogens (tertiary/aromatic N) is 1. The molecule has 0 amide bonds. The summed E-state index contributed by atoms with van der Waals surface area (Å²) in [4.78, 5) is 5.54. The topological polar surface area (TPSA) is 49.3 Å². The summed E-state index contributed by atoms with van der Waals surface area (Å²) in [5.74, 6) is 3.89. The fraction of sp³-hybridized carbons (Fsp3) is 0.522. The highest BCUT2D eigenvalue weighted by atomic mass is 16.6. The Bertz CT molecular complexity index is 728. The highest BCUT2D eigenvalue weighted by Gasteiger charge is 2.37. The van der Waals surface area contributed by atoms with Crippen molar-refractivity contribution in [2.24, 2.45) is 22.9 Å². The van der Waals surface area contributed by atoms with E-state index in [4.69, 9.17) is 19.0 Å². The molecule has 3 unspecified atom stereocenters. The summed E-state index contributed by atoms with van der Waals surface area (Å²) in [6, 6.07) is 3.70. The number of hydrogen-bond donors (Lipinski definition) is 0. The Hall–Kier alpha value is -2.43. The van der Waals surface area contributed by atoms with Gasteiger partial charge in [-0.2, -0.15) is 0 Å². The quantitative estimate of drug-likeness (QED) is 0.397. The zero-order valence-electron chi connectivity index (χ0n) is 17.3. The van der Waals surface area contributed by atoms with Crippen molar-refractivity contribution >= 4 is 6.21 Å². The Balaban J connectivity index is 1.41. The molecule has 2 aliphatic carbocycles. The number of allylic oxidation sites excluding steroid dienone is 4. The van der Waals surface area contributed by atoms with Crippen LogP contribution in [0.25, 0.3) is 0 Å². The molecule has 0 aromatic heterocycles. The molecule has 0 spiro atoms. The van der Waals surface area contributed by atoms with Crippen LogP contribution in [0.2, 0.25) is 0 Å². The van der Waals surface area contributed by atoms with Gasteiger partial charge < -0.3 is 19.0 Å². The van der Waals surface area contributed by atoms with Gasteiger partial charge in [-0.05, 0) is 55.6 Å². The summed E-state index contributed by atoms with van der Waals surface area (Å²) in [5, 5.41) is 4.13. The van der Waals surface area contributed by atoms with Crippen molar-refractivity contribution < 1.29 is 19.0 Å². The van der Waals surface area contributed by atoms with Crippen LogP contribution in [-0.2, 0) is 4.84 Å². The SMILES string of the molecule is COc1cc(/C=N\OCC2CC2CCC(C)C2=CC=CC2)cc(OC)c1OC. The lowest BCUT2D eigenvalue weighted by Crippen LogP contribution is -2.00. The molecule has 0 aliphatic heterocycles. The second-order valence-corrected chi connectivity index (χ2v) is 7.60. The maximum absolute atomic E-state index is 5.54. The molecule has 0 saturated heterocycles. The summed E-state index contributed by atoms with van der Waals surface area (Å²) < 4.78 is 16.0. The van der Waals surface area contributed by atoms with Crippen LogP contribution in [0.3, 0.4) is 0 Å². The van der Waals surface area contributed by atoms with Crippen LogP contribution in [0.15, 0.2) is 41.1 Å². The number of benzene rings is 1. The summed E-state index contributed by atoms with van der Waals surface area (Å²) in [6.45, 7) is 3.03. The number of oxime groups is 1. The lowest BCUT2D eigenvalue weighted by atomic mass is 9.94. The van der Waals surface area contributed by atoms with E-state index in [9.17, 15) is 0 Å². The molecule has 3 atom stereocenters. The van der Waals surface area contributed by atoms with Gasteiger partial charge in [-0.15, -0.1) is 0 Å². The minimum Gasteiger partial charge on any atom is -0.493 e. The third-order valence-corrected chi connectivity index (χ3v) is 5.72. The van der Waals surface area contributed by atoms with Crippen LogP contribution in [0.1, 0.15) is 38.2 Å². The zero-order valence-corrected chi connectivity index (χ0v) is 17.3. The zero-order chi connectivity index (χ0) is 19.9. The van der Waals surface area contributed by atoms with E-state index in [0.29, 0.717) is 35.7 Å². The van der Waals surface area contributed by atoms with Gasteiger partial charge in [-0.1, -0.05) is 35.9 Å². The summed E-state index contributed by atoms with van der Waals surface area (Å²) in [5.41, 5.74) is 2.41. The lowest BCUT2D eigenvalue weighted by molar-refractivity contribution is 0.131. The van der Waals surface area contributed by atoms with Crippen molar-refractivity contribution in [2.75, 3.05) is 27.9 Å². The predicted octanol–water partition coefficient (Wildman–Crippen LogP) is 5.00. The first-order valence-electron chi connectivity index (χ1n) is 9.97. The molecule has 0 radical (unpaired) electrons. The van der Waals surface area contributed by atoms with Gasteiger partial charge in [0.05, 0.1) is 27.5 Å². The number of methoxy groups -OCH3 is 3. The Morgan fingerprint density at radius 2 is 1.86 bits per heavy atom. The van der Waals surface area contributed by atoms with E-state index in [1.54, 1.807) is 33.1 Å². The van der Waals surface area contributed by atoms with Crippen molar-refractivity contribution in [1.82, 2.24) is 0 Å². The van der Waals surface area contributed by atoms with Gasteiger partial charge in [0.2, 0.25) is 5.75 Å². The van der Waals surface area contributed by atoms with Crippen molar-refractivity contribution in [3.8, 4) is 17.2 Å². The molecule has 0 bridgehead atoms.